The molecule has 0 spiro atoms. The van der Waals surface area contributed by atoms with Crippen molar-refractivity contribution in [3.8, 4) is 44.5 Å². The van der Waals surface area contributed by atoms with E-state index in [9.17, 15) is 0 Å². The Kier molecular flexibility index (Phi) is 5.74. The van der Waals surface area contributed by atoms with Crippen LogP contribution in [-0.2, 0) is 6.42 Å². The van der Waals surface area contributed by atoms with E-state index in [1.807, 2.05) is 0 Å². The van der Waals surface area contributed by atoms with Crippen molar-refractivity contribution in [2.45, 2.75) is 6.42 Å². The van der Waals surface area contributed by atoms with Crippen LogP contribution in [0.1, 0.15) is 11.1 Å². The SMILES string of the molecule is c1ccc2c(c1)Cc1cccc(-c3ccc4c(-c5ccc6ccccc6c5)c5ccccc5c(-c5ccc6ccccc6c5)c4c3)c1-2. The minimum absolute atomic E-state index is 0.992. The largest absolute Gasteiger partial charge is 0.0619 e. The van der Waals surface area contributed by atoms with Crippen molar-refractivity contribution in [1.29, 1.82) is 0 Å². The lowest BCUT2D eigenvalue weighted by atomic mass is 9.83. The zero-order valence-corrected chi connectivity index (χ0v) is 25.9. The molecule has 0 aromatic heterocycles. The van der Waals surface area contributed by atoms with E-state index in [4.69, 9.17) is 0 Å². The van der Waals surface area contributed by atoms with Gasteiger partial charge in [-0.1, -0.05) is 152 Å². The van der Waals surface area contributed by atoms with Crippen LogP contribution in [0.5, 0.6) is 0 Å². The average molecular weight is 595 g/mol. The Bertz CT molecular complexity index is 2710. The van der Waals surface area contributed by atoms with Gasteiger partial charge >= 0.3 is 0 Å². The van der Waals surface area contributed by atoms with Crippen molar-refractivity contribution in [1.82, 2.24) is 0 Å². The molecule has 0 nitrogen and oxygen atoms in total. The van der Waals surface area contributed by atoms with Gasteiger partial charge in [0.25, 0.3) is 0 Å². The van der Waals surface area contributed by atoms with Gasteiger partial charge in [-0.25, -0.2) is 0 Å². The van der Waals surface area contributed by atoms with E-state index in [1.165, 1.54) is 98.7 Å². The molecule has 0 N–H and O–H groups in total. The standard InChI is InChI=1S/C47H30/c1-3-12-32-26-37(22-20-30(32)10-1)46-41-17-7-8-18-42(41)47(38-23-21-31-11-2-4-13-33(31)27-38)44-29-35(24-25-43(44)46)40-19-9-15-36-28-34-14-5-6-16-39(34)45(36)40/h1-27,29H,28H2. The first-order valence-corrected chi connectivity index (χ1v) is 16.5. The summed E-state index contributed by atoms with van der Waals surface area (Å²) in [6.45, 7) is 0. The van der Waals surface area contributed by atoms with Crippen molar-refractivity contribution >= 4 is 43.1 Å². The molecule has 9 aromatic carbocycles. The van der Waals surface area contributed by atoms with E-state index in [2.05, 4.69) is 170 Å². The predicted molar refractivity (Wildman–Crippen MR) is 201 cm³/mol. The van der Waals surface area contributed by atoms with Gasteiger partial charge in [0.1, 0.15) is 0 Å². The highest BCUT2D eigenvalue weighted by molar-refractivity contribution is 6.22. The summed E-state index contributed by atoms with van der Waals surface area (Å²) >= 11 is 0. The zero-order chi connectivity index (χ0) is 30.9. The zero-order valence-electron chi connectivity index (χ0n) is 25.9. The highest BCUT2D eigenvalue weighted by Gasteiger charge is 2.23. The number of rotatable bonds is 3. The van der Waals surface area contributed by atoms with E-state index in [0.29, 0.717) is 0 Å². The average Bonchev–Trinajstić information content (AvgIpc) is 3.52. The second-order valence-electron chi connectivity index (χ2n) is 12.9. The number of hydrogen-bond acceptors (Lipinski definition) is 0. The quantitative estimate of drug-likeness (QED) is 0.179. The fraction of sp³-hybridized carbons (Fsp3) is 0.0213. The van der Waals surface area contributed by atoms with Crippen molar-refractivity contribution in [2.24, 2.45) is 0 Å². The van der Waals surface area contributed by atoms with Gasteiger partial charge in [-0.2, -0.15) is 0 Å². The molecule has 0 saturated carbocycles. The summed E-state index contributed by atoms with van der Waals surface area (Å²) in [7, 11) is 0. The summed E-state index contributed by atoms with van der Waals surface area (Å²) in [6, 6.07) is 63.1. The van der Waals surface area contributed by atoms with Crippen LogP contribution in [0.4, 0.5) is 0 Å². The van der Waals surface area contributed by atoms with Crippen molar-refractivity contribution in [2.75, 3.05) is 0 Å². The van der Waals surface area contributed by atoms with Crippen LogP contribution in [0.15, 0.2) is 170 Å². The summed E-state index contributed by atoms with van der Waals surface area (Å²) in [4.78, 5) is 0. The highest BCUT2D eigenvalue weighted by Crippen LogP contribution is 2.48. The van der Waals surface area contributed by atoms with Crippen LogP contribution in [0.3, 0.4) is 0 Å². The molecule has 0 saturated heterocycles. The van der Waals surface area contributed by atoms with Gasteiger partial charge in [0.15, 0.2) is 0 Å². The third kappa shape index (κ3) is 4.08. The molecule has 0 heterocycles. The molecule has 1 aliphatic rings. The molecule has 0 bridgehead atoms. The van der Waals surface area contributed by atoms with Crippen LogP contribution in [0, 0.1) is 0 Å². The maximum absolute atomic E-state index is 2.47. The molecule has 0 unspecified atom stereocenters. The van der Waals surface area contributed by atoms with Crippen molar-refractivity contribution < 1.29 is 0 Å². The molecule has 0 amide bonds. The van der Waals surface area contributed by atoms with Gasteiger partial charge in [0.2, 0.25) is 0 Å². The topological polar surface area (TPSA) is 0 Å². The summed E-state index contributed by atoms with van der Waals surface area (Å²) < 4.78 is 0. The Morgan fingerprint density at radius 2 is 0.787 bits per heavy atom. The Balaban J connectivity index is 1.32. The molecule has 9 aromatic rings. The minimum atomic E-state index is 0.992. The van der Waals surface area contributed by atoms with Gasteiger partial charge in [0, 0.05) is 0 Å². The lowest BCUT2D eigenvalue weighted by molar-refractivity contribution is 1.26. The monoisotopic (exact) mass is 594 g/mol. The number of hydrogen-bond donors (Lipinski definition) is 0. The van der Waals surface area contributed by atoms with E-state index in [1.54, 1.807) is 0 Å². The van der Waals surface area contributed by atoms with Crippen LogP contribution in [0.25, 0.3) is 87.6 Å². The first-order chi connectivity index (χ1) is 23.3. The Morgan fingerprint density at radius 1 is 0.277 bits per heavy atom. The van der Waals surface area contributed by atoms with E-state index >= 15 is 0 Å². The van der Waals surface area contributed by atoms with Gasteiger partial charge in [-0.05, 0) is 123 Å². The van der Waals surface area contributed by atoms with E-state index < -0.39 is 0 Å². The Hall–Kier alpha value is -5.98. The van der Waals surface area contributed by atoms with Gasteiger partial charge in [-0.15, -0.1) is 0 Å². The first kappa shape index (κ1) is 26.3. The minimum Gasteiger partial charge on any atom is -0.0619 e. The second-order valence-corrected chi connectivity index (χ2v) is 12.9. The lowest BCUT2D eigenvalue weighted by Gasteiger charge is -2.20. The molecule has 0 radical (unpaired) electrons. The van der Waals surface area contributed by atoms with E-state index in [0.717, 1.165) is 6.42 Å². The summed E-state index contributed by atoms with van der Waals surface area (Å²) in [5.74, 6) is 0. The fourth-order valence-electron chi connectivity index (χ4n) is 8.09. The molecule has 10 rings (SSSR count). The summed E-state index contributed by atoms with van der Waals surface area (Å²) in [5.41, 5.74) is 13.2. The summed E-state index contributed by atoms with van der Waals surface area (Å²) in [5, 5.41) is 10.2. The maximum atomic E-state index is 2.47. The summed E-state index contributed by atoms with van der Waals surface area (Å²) in [6.07, 6.45) is 0.992. The fourth-order valence-corrected chi connectivity index (χ4v) is 8.09. The van der Waals surface area contributed by atoms with E-state index in [-0.39, 0.29) is 0 Å². The smallest absolute Gasteiger partial charge is 0.00132 e. The highest BCUT2D eigenvalue weighted by atomic mass is 14.3. The molecular weight excluding hydrogens is 565 g/mol. The second kappa shape index (κ2) is 10.3. The third-order valence-electron chi connectivity index (χ3n) is 10.2. The molecule has 47 heavy (non-hydrogen) atoms. The van der Waals surface area contributed by atoms with Gasteiger partial charge in [-0.3, -0.25) is 0 Å². The molecule has 0 heteroatoms. The van der Waals surface area contributed by atoms with Crippen LogP contribution in [-0.4, -0.2) is 0 Å². The molecule has 0 fully saturated rings. The Morgan fingerprint density at radius 3 is 1.49 bits per heavy atom. The van der Waals surface area contributed by atoms with Crippen LogP contribution in [0.2, 0.25) is 0 Å². The van der Waals surface area contributed by atoms with Crippen LogP contribution >= 0.6 is 0 Å². The third-order valence-corrected chi connectivity index (χ3v) is 10.2. The molecule has 0 aliphatic heterocycles. The van der Waals surface area contributed by atoms with Crippen LogP contribution < -0.4 is 0 Å². The van der Waals surface area contributed by atoms with Crippen molar-refractivity contribution in [3.05, 3.63) is 181 Å². The molecular formula is C47H30. The van der Waals surface area contributed by atoms with Gasteiger partial charge in [0.05, 0.1) is 0 Å². The number of benzene rings is 9. The van der Waals surface area contributed by atoms with Crippen molar-refractivity contribution in [3.63, 3.8) is 0 Å². The first-order valence-electron chi connectivity index (χ1n) is 16.5. The molecule has 1 aliphatic carbocycles. The lowest BCUT2D eigenvalue weighted by Crippen LogP contribution is -1.93. The number of fused-ring (bicyclic) bond motifs is 7. The normalized spacial score (nSPS) is 12.2. The van der Waals surface area contributed by atoms with Gasteiger partial charge < -0.3 is 0 Å². The molecule has 0 atom stereocenters. The maximum Gasteiger partial charge on any atom is -0.00132 e. The Labute approximate surface area is 274 Å². The molecule has 218 valence electrons. The predicted octanol–water partition coefficient (Wildman–Crippen LogP) is 12.9.